The Morgan fingerprint density at radius 2 is 2.00 bits per heavy atom. The third-order valence-electron chi connectivity index (χ3n) is 4.78. The molecule has 3 rings (SSSR count). The Hall–Kier alpha value is -1.51. The average molecular weight is 259 g/mol. The van der Waals surface area contributed by atoms with Crippen molar-refractivity contribution in [1.82, 2.24) is 0 Å². The Labute approximate surface area is 114 Å². The first kappa shape index (κ1) is 12.5. The first-order valence-corrected chi connectivity index (χ1v) is 7.22. The zero-order valence-corrected chi connectivity index (χ0v) is 11.4. The second-order valence-electron chi connectivity index (χ2n) is 5.95. The first-order valence-electron chi connectivity index (χ1n) is 7.22. The molecule has 1 aromatic carbocycles. The molecule has 1 aliphatic heterocycles. The van der Waals surface area contributed by atoms with Gasteiger partial charge in [-0.3, -0.25) is 4.79 Å². The fourth-order valence-electron chi connectivity index (χ4n) is 3.51. The van der Waals surface area contributed by atoms with Crippen LogP contribution in [0.4, 0.5) is 5.69 Å². The van der Waals surface area contributed by atoms with E-state index in [0.717, 1.165) is 38.6 Å². The fraction of sp³-hybridized carbons (Fsp3) is 0.562. The zero-order valence-electron chi connectivity index (χ0n) is 11.4. The predicted molar refractivity (Wildman–Crippen MR) is 75.8 cm³/mol. The van der Waals surface area contributed by atoms with Crippen molar-refractivity contribution in [3.05, 3.63) is 29.3 Å². The summed E-state index contributed by atoms with van der Waals surface area (Å²) in [5, 5.41) is 9.05. The van der Waals surface area contributed by atoms with Gasteiger partial charge in [0.15, 0.2) is 0 Å². The van der Waals surface area contributed by atoms with Crippen molar-refractivity contribution in [3.63, 3.8) is 0 Å². The van der Waals surface area contributed by atoms with Crippen molar-refractivity contribution < 1.29 is 9.90 Å². The molecule has 0 aromatic heterocycles. The minimum Gasteiger partial charge on any atom is -0.481 e. The SMILES string of the molecule is CN1CCc2cc(C3CCC(C(=O)O)CC3)ccc21. The maximum absolute atomic E-state index is 11.0. The number of fused-ring (bicyclic) bond motifs is 1. The summed E-state index contributed by atoms with van der Waals surface area (Å²) in [5.74, 6) is -0.169. The molecule has 1 aliphatic carbocycles. The van der Waals surface area contributed by atoms with Crippen LogP contribution in [0.1, 0.15) is 42.7 Å². The zero-order chi connectivity index (χ0) is 13.4. The third-order valence-corrected chi connectivity index (χ3v) is 4.78. The van der Waals surface area contributed by atoms with E-state index in [2.05, 4.69) is 30.1 Å². The van der Waals surface area contributed by atoms with Crippen LogP contribution in [-0.4, -0.2) is 24.7 Å². The summed E-state index contributed by atoms with van der Waals surface area (Å²) in [7, 11) is 2.14. The normalized spacial score (nSPS) is 26.3. The van der Waals surface area contributed by atoms with Gasteiger partial charge in [-0.2, -0.15) is 0 Å². The Balaban J connectivity index is 1.73. The van der Waals surface area contributed by atoms with Crippen LogP contribution < -0.4 is 4.90 Å². The van der Waals surface area contributed by atoms with E-state index in [-0.39, 0.29) is 5.92 Å². The highest BCUT2D eigenvalue weighted by Crippen LogP contribution is 2.38. The van der Waals surface area contributed by atoms with Crippen molar-refractivity contribution >= 4 is 11.7 Å². The first-order chi connectivity index (χ1) is 9.15. The van der Waals surface area contributed by atoms with E-state index in [1.807, 2.05) is 0 Å². The van der Waals surface area contributed by atoms with Gasteiger partial charge in [-0.05, 0) is 55.2 Å². The molecule has 0 radical (unpaired) electrons. The molecule has 1 saturated carbocycles. The smallest absolute Gasteiger partial charge is 0.306 e. The molecule has 0 unspecified atom stereocenters. The molecule has 19 heavy (non-hydrogen) atoms. The summed E-state index contributed by atoms with van der Waals surface area (Å²) in [6, 6.07) is 6.83. The van der Waals surface area contributed by atoms with Crippen molar-refractivity contribution in [2.75, 3.05) is 18.5 Å². The third kappa shape index (κ3) is 2.34. The highest BCUT2D eigenvalue weighted by atomic mass is 16.4. The van der Waals surface area contributed by atoms with Crippen LogP contribution in [-0.2, 0) is 11.2 Å². The number of rotatable bonds is 2. The number of carboxylic acid groups (broad SMARTS) is 1. The molecule has 102 valence electrons. The van der Waals surface area contributed by atoms with Gasteiger partial charge in [0, 0.05) is 19.3 Å². The van der Waals surface area contributed by atoms with Gasteiger partial charge >= 0.3 is 5.97 Å². The number of carboxylic acids is 1. The maximum Gasteiger partial charge on any atom is 0.306 e. The highest BCUT2D eigenvalue weighted by Gasteiger charge is 2.27. The number of carbonyl (C=O) groups is 1. The quantitative estimate of drug-likeness (QED) is 0.887. The molecule has 1 aromatic rings. The summed E-state index contributed by atoms with van der Waals surface area (Å²) >= 11 is 0. The molecule has 0 spiro atoms. The summed E-state index contributed by atoms with van der Waals surface area (Å²) < 4.78 is 0. The average Bonchev–Trinajstić information content (AvgIpc) is 2.80. The molecule has 1 fully saturated rings. The molecule has 0 bridgehead atoms. The van der Waals surface area contributed by atoms with Gasteiger partial charge < -0.3 is 10.0 Å². The number of hydrogen-bond donors (Lipinski definition) is 1. The summed E-state index contributed by atoms with van der Waals surface area (Å²) in [6.07, 6.45) is 4.84. The number of aliphatic carboxylic acids is 1. The lowest BCUT2D eigenvalue weighted by atomic mass is 9.78. The maximum atomic E-state index is 11.0. The van der Waals surface area contributed by atoms with Crippen LogP contribution >= 0.6 is 0 Å². The van der Waals surface area contributed by atoms with Crippen molar-refractivity contribution in [2.45, 2.75) is 38.0 Å². The van der Waals surface area contributed by atoms with Gasteiger partial charge in [0.1, 0.15) is 0 Å². The van der Waals surface area contributed by atoms with E-state index in [0.29, 0.717) is 5.92 Å². The van der Waals surface area contributed by atoms with Gasteiger partial charge in [0.25, 0.3) is 0 Å². The van der Waals surface area contributed by atoms with Gasteiger partial charge in [0.2, 0.25) is 0 Å². The van der Waals surface area contributed by atoms with E-state index >= 15 is 0 Å². The number of anilines is 1. The lowest BCUT2D eigenvalue weighted by molar-refractivity contribution is -0.142. The molecule has 3 nitrogen and oxygen atoms in total. The van der Waals surface area contributed by atoms with E-state index in [9.17, 15) is 4.79 Å². The van der Waals surface area contributed by atoms with Crippen molar-refractivity contribution in [3.8, 4) is 0 Å². The van der Waals surface area contributed by atoms with Gasteiger partial charge in [-0.25, -0.2) is 0 Å². The minimum absolute atomic E-state index is 0.114. The number of hydrogen-bond acceptors (Lipinski definition) is 2. The summed E-state index contributed by atoms with van der Waals surface area (Å²) in [6.45, 7) is 1.12. The standard InChI is InChI=1S/C16H21NO2/c1-17-9-8-14-10-13(6-7-15(14)17)11-2-4-12(5-3-11)16(18)19/h6-7,10-12H,2-5,8-9H2,1H3,(H,18,19). The number of likely N-dealkylation sites (N-methyl/N-ethyl adjacent to an activating group) is 1. The number of nitrogens with zero attached hydrogens (tertiary/aromatic N) is 1. The molecule has 0 amide bonds. The summed E-state index contributed by atoms with van der Waals surface area (Å²) in [4.78, 5) is 13.3. The van der Waals surface area contributed by atoms with Crippen molar-refractivity contribution in [1.29, 1.82) is 0 Å². The molecule has 1 N–H and O–H groups in total. The van der Waals surface area contributed by atoms with Crippen LogP contribution in [0.25, 0.3) is 0 Å². The predicted octanol–water partition coefficient (Wildman–Crippen LogP) is 3.04. The topological polar surface area (TPSA) is 40.5 Å². The second kappa shape index (κ2) is 4.87. The van der Waals surface area contributed by atoms with Crippen molar-refractivity contribution in [2.24, 2.45) is 5.92 Å². The van der Waals surface area contributed by atoms with E-state index < -0.39 is 5.97 Å². The van der Waals surface area contributed by atoms with Gasteiger partial charge in [0.05, 0.1) is 5.92 Å². The fourth-order valence-corrected chi connectivity index (χ4v) is 3.51. The van der Waals surface area contributed by atoms with Crippen LogP contribution in [0.15, 0.2) is 18.2 Å². The summed E-state index contributed by atoms with van der Waals surface area (Å²) in [5.41, 5.74) is 4.24. The van der Waals surface area contributed by atoms with E-state index in [1.165, 1.54) is 16.8 Å². The van der Waals surface area contributed by atoms with Crippen LogP contribution in [0.5, 0.6) is 0 Å². The second-order valence-corrected chi connectivity index (χ2v) is 5.95. The Kier molecular flexibility index (Phi) is 3.21. The molecule has 0 atom stereocenters. The van der Waals surface area contributed by atoms with Crippen LogP contribution in [0.2, 0.25) is 0 Å². The molecule has 3 heteroatoms. The Morgan fingerprint density at radius 1 is 1.26 bits per heavy atom. The lowest BCUT2D eigenvalue weighted by Crippen LogP contribution is -2.20. The molecular weight excluding hydrogens is 238 g/mol. The highest BCUT2D eigenvalue weighted by molar-refractivity contribution is 5.70. The molecule has 1 heterocycles. The monoisotopic (exact) mass is 259 g/mol. The van der Waals surface area contributed by atoms with E-state index in [1.54, 1.807) is 0 Å². The molecule has 2 aliphatic rings. The van der Waals surface area contributed by atoms with Gasteiger partial charge in [-0.15, -0.1) is 0 Å². The Morgan fingerprint density at radius 3 is 2.68 bits per heavy atom. The minimum atomic E-state index is -0.617. The van der Waals surface area contributed by atoms with E-state index in [4.69, 9.17) is 5.11 Å². The van der Waals surface area contributed by atoms with Gasteiger partial charge in [-0.1, -0.05) is 12.1 Å². The number of benzene rings is 1. The van der Waals surface area contributed by atoms with Crippen LogP contribution in [0.3, 0.4) is 0 Å². The Bertz CT molecular complexity index is 490. The largest absolute Gasteiger partial charge is 0.481 e. The molecular formula is C16H21NO2. The molecule has 0 saturated heterocycles. The van der Waals surface area contributed by atoms with Crippen LogP contribution in [0, 0.1) is 5.92 Å². The lowest BCUT2D eigenvalue weighted by Gasteiger charge is -2.26.